The maximum atomic E-state index is 13.8. The molecule has 0 atom stereocenters. The molecule has 5 rings (SSSR count). The van der Waals surface area contributed by atoms with E-state index in [4.69, 9.17) is 14.6 Å². The van der Waals surface area contributed by atoms with Gasteiger partial charge in [0.25, 0.3) is 11.8 Å². The summed E-state index contributed by atoms with van der Waals surface area (Å²) in [6.07, 6.45) is 4.05. The van der Waals surface area contributed by atoms with Gasteiger partial charge < -0.3 is 9.47 Å². The van der Waals surface area contributed by atoms with Crippen molar-refractivity contribution >= 4 is 17.9 Å². The maximum absolute atomic E-state index is 13.8. The van der Waals surface area contributed by atoms with Crippen LogP contribution in [0, 0.1) is 11.3 Å². The monoisotopic (exact) mass is 572 g/mol. The molecule has 0 radical (unpaired) electrons. The summed E-state index contributed by atoms with van der Waals surface area (Å²) in [5, 5.41) is 14.8. The van der Waals surface area contributed by atoms with E-state index in [2.05, 4.69) is 0 Å². The Bertz CT molecular complexity index is 1740. The van der Waals surface area contributed by atoms with E-state index in [1.165, 1.54) is 0 Å². The number of aromatic nitrogens is 2. The Morgan fingerprint density at radius 3 is 2.23 bits per heavy atom. The molecule has 3 aromatic carbocycles. The number of nitriles is 1. The average molecular weight is 573 g/mol. The van der Waals surface area contributed by atoms with Crippen LogP contribution in [0.2, 0.25) is 0 Å². The molecular formula is C35H32N4O4. The van der Waals surface area contributed by atoms with Gasteiger partial charge in [0.15, 0.2) is 0 Å². The second-order valence-corrected chi connectivity index (χ2v) is 10.4. The van der Waals surface area contributed by atoms with E-state index in [9.17, 15) is 14.9 Å². The zero-order valence-corrected chi connectivity index (χ0v) is 24.6. The largest absolute Gasteiger partial charge is 0.497 e. The van der Waals surface area contributed by atoms with E-state index in [0.29, 0.717) is 23.3 Å². The van der Waals surface area contributed by atoms with Crippen LogP contribution in [0.3, 0.4) is 0 Å². The van der Waals surface area contributed by atoms with E-state index in [0.717, 1.165) is 33.2 Å². The Kier molecular flexibility index (Phi) is 8.54. The van der Waals surface area contributed by atoms with Crippen molar-refractivity contribution in [3.8, 4) is 34.5 Å². The van der Waals surface area contributed by atoms with Crippen LogP contribution in [0.1, 0.15) is 31.9 Å². The lowest BCUT2D eigenvalue weighted by atomic mass is 9.93. The molecular weight excluding hydrogens is 540 g/mol. The lowest BCUT2D eigenvalue weighted by molar-refractivity contribution is -0.140. The highest BCUT2D eigenvalue weighted by molar-refractivity contribution is 6.19. The Morgan fingerprint density at radius 2 is 1.60 bits per heavy atom. The standard InChI is InChI=1S/C35H32N4O4/c1-23(2)43-30-16-12-26(13-17-30)33-27(22-39(37-33)28-8-6-5-7-9-28)20-31-24(3)32(21-36)35(41)38(34(31)40)19-18-25-10-14-29(42-4)15-11-25/h5-17,20,22-23H,18-19H2,1-4H3/b31-20+. The van der Waals surface area contributed by atoms with Crippen molar-refractivity contribution in [1.82, 2.24) is 14.7 Å². The number of hydrogen-bond acceptors (Lipinski definition) is 6. The summed E-state index contributed by atoms with van der Waals surface area (Å²) in [7, 11) is 1.59. The SMILES string of the molecule is COc1ccc(CCN2C(=O)C(C#N)=C(C)/C(=C\c3cn(-c4ccccc4)nc3-c3ccc(OC(C)C)cc3)C2=O)cc1. The minimum atomic E-state index is -0.586. The first-order valence-electron chi connectivity index (χ1n) is 14.0. The summed E-state index contributed by atoms with van der Waals surface area (Å²) in [5.74, 6) is 0.427. The average Bonchev–Trinajstić information content (AvgIpc) is 3.44. The van der Waals surface area contributed by atoms with E-state index in [1.807, 2.05) is 105 Å². The van der Waals surface area contributed by atoms with Gasteiger partial charge in [0.2, 0.25) is 0 Å². The first-order valence-corrected chi connectivity index (χ1v) is 14.0. The van der Waals surface area contributed by atoms with Gasteiger partial charge >= 0.3 is 0 Å². The van der Waals surface area contributed by atoms with Crippen LogP contribution in [0.4, 0.5) is 0 Å². The Balaban J connectivity index is 1.55. The third-order valence-electron chi connectivity index (χ3n) is 7.17. The van der Waals surface area contributed by atoms with Crippen LogP contribution in [-0.2, 0) is 16.0 Å². The summed E-state index contributed by atoms with van der Waals surface area (Å²) in [4.78, 5) is 28.2. The summed E-state index contributed by atoms with van der Waals surface area (Å²) in [6, 6.07) is 26.8. The molecule has 0 unspecified atom stereocenters. The molecule has 0 N–H and O–H groups in total. The molecule has 4 aromatic rings. The summed E-state index contributed by atoms with van der Waals surface area (Å²) < 4.78 is 12.8. The van der Waals surface area contributed by atoms with E-state index < -0.39 is 11.8 Å². The Labute approximate surface area is 251 Å². The maximum Gasteiger partial charge on any atom is 0.271 e. The summed E-state index contributed by atoms with van der Waals surface area (Å²) in [5.41, 5.74) is 4.51. The first kappa shape index (κ1) is 29.1. The normalized spacial score (nSPS) is 14.4. The fraction of sp³-hybridized carbons (Fsp3) is 0.200. The molecule has 8 heteroatoms. The number of carbonyl (C=O) groups excluding carboxylic acids is 2. The molecule has 1 aromatic heterocycles. The summed E-state index contributed by atoms with van der Waals surface area (Å²) >= 11 is 0. The molecule has 216 valence electrons. The summed E-state index contributed by atoms with van der Waals surface area (Å²) in [6.45, 7) is 5.71. The third kappa shape index (κ3) is 6.26. The second kappa shape index (κ2) is 12.6. The number of imide groups is 1. The fourth-order valence-electron chi connectivity index (χ4n) is 4.92. The number of ether oxygens (including phenoxy) is 2. The van der Waals surface area contributed by atoms with Crippen LogP contribution in [0.25, 0.3) is 23.0 Å². The van der Waals surface area contributed by atoms with Crippen molar-refractivity contribution in [1.29, 1.82) is 5.26 Å². The molecule has 43 heavy (non-hydrogen) atoms. The van der Waals surface area contributed by atoms with Gasteiger partial charge in [-0.2, -0.15) is 10.4 Å². The molecule has 0 spiro atoms. The molecule has 2 amide bonds. The molecule has 0 saturated carbocycles. The molecule has 1 aliphatic heterocycles. The van der Waals surface area contributed by atoms with Gasteiger partial charge in [0.1, 0.15) is 23.1 Å². The van der Waals surface area contributed by atoms with Crippen molar-refractivity contribution in [3.05, 3.63) is 113 Å². The van der Waals surface area contributed by atoms with Crippen molar-refractivity contribution < 1.29 is 19.1 Å². The van der Waals surface area contributed by atoms with Crippen LogP contribution in [0.5, 0.6) is 11.5 Å². The lowest BCUT2D eigenvalue weighted by Crippen LogP contribution is -2.43. The molecule has 0 fully saturated rings. The lowest BCUT2D eigenvalue weighted by Gasteiger charge is -2.27. The number of nitrogens with zero attached hydrogens (tertiary/aromatic N) is 4. The minimum Gasteiger partial charge on any atom is -0.497 e. The second-order valence-electron chi connectivity index (χ2n) is 10.4. The molecule has 1 aliphatic rings. The predicted octanol–water partition coefficient (Wildman–Crippen LogP) is 6.17. The highest BCUT2D eigenvalue weighted by Crippen LogP contribution is 2.32. The number of methoxy groups -OCH3 is 1. The minimum absolute atomic E-state index is 0.0419. The highest BCUT2D eigenvalue weighted by atomic mass is 16.5. The Hall–Kier alpha value is -5.42. The van der Waals surface area contributed by atoms with Crippen LogP contribution < -0.4 is 9.47 Å². The predicted molar refractivity (Wildman–Crippen MR) is 164 cm³/mol. The molecule has 2 heterocycles. The van der Waals surface area contributed by atoms with Gasteiger partial charge in [0.05, 0.1) is 24.6 Å². The number of para-hydroxylation sites is 1. The molecule has 0 saturated heterocycles. The highest BCUT2D eigenvalue weighted by Gasteiger charge is 2.35. The van der Waals surface area contributed by atoms with Crippen LogP contribution in [-0.4, -0.2) is 46.3 Å². The number of carbonyl (C=O) groups is 2. The van der Waals surface area contributed by atoms with Gasteiger partial charge in [-0.25, -0.2) is 4.68 Å². The number of amides is 2. The van der Waals surface area contributed by atoms with Gasteiger partial charge in [0, 0.05) is 29.4 Å². The third-order valence-corrected chi connectivity index (χ3v) is 7.17. The van der Waals surface area contributed by atoms with Gasteiger partial charge in [-0.15, -0.1) is 0 Å². The van der Waals surface area contributed by atoms with E-state index in [1.54, 1.807) is 24.8 Å². The quantitative estimate of drug-likeness (QED) is 0.176. The van der Waals surface area contributed by atoms with Crippen LogP contribution >= 0.6 is 0 Å². The zero-order valence-electron chi connectivity index (χ0n) is 24.6. The van der Waals surface area contributed by atoms with Gasteiger partial charge in [-0.1, -0.05) is 30.3 Å². The van der Waals surface area contributed by atoms with Gasteiger partial charge in [-0.05, 0) is 92.9 Å². The molecule has 0 bridgehead atoms. The van der Waals surface area contributed by atoms with Crippen molar-refractivity contribution in [2.75, 3.05) is 13.7 Å². The van der Waals surface area contributed by atoms with Crippen LogP contribution in [0.15, 0.2) is 102 Å². The zero-order chi connectivity index (χ0) is 30.5. The van der Waals surface area contributed by atoms with Crippen molar-refractivity contribution in [2.45, 2.75) is 33.3 Å². The van der Waals surface area contributed by atoms with Crippen molar-refractivity contribution in [3.63, 3.8) is 0 Å². The Morgan fingerprint density at radius 1 is 0.930 bits per heavy atom. The van der Waals surface area contributed by atoms with Gasteiger partial charge in [-0.3, -0.25) is 14.5 Å². The topological polar surface area (TPSA) is 97.5 Å². The van der Waals surface area contributed by atoms with E-state index in [-0.39, 0.29) is 23.8 Å². The number of rotatable bonds is 9. The fourth-order valence-corrected chi connectivity index (χ4v) is 4.92. The van der Waals surface area contributed by atoms with E-state index >= 15 is 0 Å². The first-order chi connectivity index (χ1) is 20.8. The number of hydrogen-bond donors (Lipinski definition) is 0. The number of benzene rings is 3. The smallest absolute Gasteiger partial charge is 0.271 e. The van der Waals surface area contributed by atoms with Crippen molar-refractivity contribution in [2.24, 2.45) is 0 Å². The molecule has 0 aliphatic carbocycles. The molecule has 8 nitrogen and oxygen atoms in total.